The van der Waals surface area contributed by atoms with Crippen LogP contribution in [-0.4, -0.2) is 46.8 Å². The third kappa shape index (κ3) is 4.20. The molecule has 0 saturated carbocycles. The number of nitrogens with one attached hydrogen (secondary N) is 3. The van der Waals surface area contributed by atoms with Crippen LogP contribution in [0.4, 0.5) is 0 Å². The molecule has 3 N–H and O–H groups in total. The Morgan fingerprint density at radius 2 is 1.75 bits per heavy atom. The number of rotatable bonds is 7. The Hall–Kier alpha value is -4.59. The molecule has 3 atom stereocenters. The van der Waals surface area contributed by atoms with Crippen molar-refractivity contribution in [3.63, 3.8) is 0 Å². The molecule has 0 fully saturated rings. The number of H-pyrrole nitrogens is 1. The van der Waals surface area contributed by atoms with E-state index in [0.717, 1.165) is 33.3 Å². The van der Waals surface area contributed by atoms with Gasteiger partial charge in [0.15, 0.2) is 0 Å². The van der Waals surface area contributed by atoms with E-state index in [-0.39, 0.29) is 30.2 Å². The van der Waals surface area contributed by atoms with Crippen molar-refractivity contribution in [1.29, 1.82) is 0 Å². The molecule has 0 aliphatic carbocycles. The first-order valence-electron chi connectivity index (χ1n) is 13.6. The summed E-state index contributed by atoms with van der Waals surface area (Å²) >= 11 is 0. The van der Waals surface area contributed by atoms with E-state index in [1.165, 1.54) is 0 Å². The first-order chi connectivity index (χ1) is 19.4. The summed E-state index contributed by atoms with van der Waals surface area (Å²) in [7, 11) is 1.59. The van der Waals surface area contributed by atoms with E-state index >= 15 is 0 Å². The lowest BCUT2D eigenvalue weighted by molar-refractivity contribution is -0.133. The molecule has 0 unspecified atom stereocenters. The van der Waals surface area contributed by atoms with E-state index in [2.05, 4.69) is 15.6 Å². The van der Waals surface area contributed by atoms with Crippen molar-refractivity contribution in [2.24, 2.45) is 5.92 Å². The number of carbonyl (C=O) groups is 3. The van der Waals surface area contributed by atoms with Crippen LogP contribution in [-0.2, 0) is 22.6 Å². The summed E-state index contributed by atoms with van der Waals surface area (Å²) in [4.78, 5) is 46.2. The van der Waals surface area contributed by atoms with Crippen LogP contribution in [0.5, 0.6) is 5.75 Å². The monoisotopic (exact) mass is 536 g/mol. The van der Waals surface area contributed by atoms with E-state index in [4.69, 9.17) is 4.74 Å². The first-order valence-corrected chi connectivity index (χ1v) is 13.6. The van der Waals surface area contributed by atoms with E-state index in [0.29, 0.717) is 17.7 Å². The van der Waals surface area contributed by atoms with E-state index in [9.17, 15) is 14.4 Å². The molecule has 3 aromatic carbocycles. The summed E-state index contributed by atoms with van der Waals surface area (Å²) in [6, 6.07) is 21.1. The Balaban J connectivity index is 1.30. The second kappa shape index (κ2) is 10.2. The molecule has 2 aliphatic heterocycles. The topological polar surface area (TPSA) is 104 Å². The largest absolute Gasteiger partial charge is 0.496 e. The lowest BCUT2D eigenvalue weighted by Crippen LogP contribution is -2.57. The summed E-state index contributed by atoms with van der Waals surface area (Å²) in [5.41, 5.74) is 5.27. The van der Waals surface area contributed by atoms with Gasteiger partial charge < -0.3 is 25.3 Å². The highest BCUT2D eigenvalue weighted by molar-refractivity contribution is 6.04. The predicted molar refractivity (Wildman–Crippen MR) is 152 cm³/mol. The number of methoxy groups -OCH3 is 1. The van der Waals surface area contributed by atoms with Gasteiger partial charge >= 0.3 is 0 Å². The number of carbonyl (C=O) groups excluding carboxylic acids is 3. The number of hydrogen-bond acceptors (Lipinski definition) is 4. The molecule has 3 heterocycles. The van der Waals surface area contributed by atoms with Gasteiger partial charge in [0.25, 0.3) is 5.91 Å². The van der Waals surface area contributed by atoms with Crippen LogP contribution in [0.3, 0.4) is 0 Å². The fourth-order valence-corrected chi connectivity index (χ4v) is 6.06. The second-order valence-electron chi connectivity index (χ2n) is 10.7. The number of fused-ring (bicyclic) bond motifs is 7. The third-order valence-corrected chi connectivity index (χ3v) is 8.05. The average Bonchev–Trinajstić information content (AvgIpc) is 3.49. The Bertz CT molecular complexity index is 1620. The number of amides is 3. The fourth-order valence-electron chi connectivity index (χ4n) is 6.06. The zero-order valence-electron chi connectivity index (χ0n) is 22.7. The van der Waals surface area contributed by atoms with Gasteiger partial charge in [0.05, 0.1) is 13.2 Å². The van der Waals surface area contributed by atoms with Crippen LogP contribution in [0, 0.1) is 5.92 Å². The van der Waals surface area contributed by atoms with Crippen molar-refractivity contribution < 1.29 is 19.1 Å². The smallest absolute Gasteiger partial charge is 0.255 e. The molecule has 8 nitrogen and oxygen atoms in total. The third-order valence-electron chi connectivity index (χ3n) is 8.05. The standard InChI is InChI=1S/C32H32N4O4/c1-18(2)27(31(38)33-17-19-10-4-9-15-26(19)40-3)35-30(37)25-16-23-20-11-7-8-14-24(20)34-28(23)29-21-12-5-6-13-22(21)32(39)36(25)29/h4-15,18,25,27,29,34H,16-17H2,1-3H3,(H,33,38)(H,35,37)/t25-,27-,29-/m0/s1. The Morgan fingerprint density at radius 3 is 2.55 bits per heavy atom. The quantitative estimate of drug-likeness (QED) is 0.331. The molecule has 0 radical (unpaired) electrons. The molecule has 4 aromatic rings. The van der Waals surface area contributed by atoms with E-state index in [1.807, 2.05) is 86.6 Å². The summed E-state index contributed by atoms with van der Waals surface area (Å²) in [5, 5.41) is 6.99. The Morgan fingerprint density at radius 1 is 1.02 bits per heavy atom. The fraction of sp³-hybridized carbons (Fsp3) is 0.281. The molecule has 6 rings (SSSR count). The second-order valence-corrected chi connectivity index (χ2v) is 10.7. The van der Waals surface area contributed by atoms with Gasteiger partial charge in [-0.05, 0) is 35.2 Å². The molecule has 3 amide bonds. The molecule has 1 aromatic heterocycles. The average molecular weight is 537 g/mol. The molecule has 0 saturated heterocycles. The van der Waals surface area contributed by atoms with E-state index < -0.39 is 18.1 Å². The lowest BCUT2D eigenvalue weighted by Gasteiger charge is -2.38. The molecular formula is C32H32N4O4. The zero-order chi connectivity index (χ0) is 28.0. The van der Waals surface area contributed by atoms with Gasteiger partial charge in [-0.15, -0.1) is 0 Å². The van der Waals surface area contributed by atoms with Crippen molar-refractivity contribution in [2.45, 2.75) is 44.9 Å². The van der Waals surface area contributed by atoms with Crippen LogP contribution in [0.2, 0.25) is 0 Å². The minimum atomic E-state index is -0.773. The number of aromatic amines is 1. The maximum Gasteiger partial charge on any atom is 0.255 e. The van der Waals surface area contributed by atoms with Gasteiger partial charge in [0.1, 0.15) is 17.8 Å². The minimum Gasteiger partial charge on any atom is -0.496 e. The summed E-state index contributed by atoms with van der Waals surface area (Å²) in [6.07, 6.45) is 0.356. The van der Waals surface area contributed by atoms with Gasteiger partial charge in [-0.3, -0.25) is 14.4 Å². The molecule has 204 valence electrons. The van der Waals surface area contributed by atoms with Gasteiger partial charge in [0, 0.05) is 40.7 Å². The van der Waals surface area contributed by atoms with Crippen LogP contribution in [0.25, 0.3) is 10.9 Å². The van der Waals surface area contributed by atoms with E-state index in [1.54, 1.807) is 12.0 Å². The van der Waals surface area contributed by atoms with Gasteiger partial charge in [-0.2, -0.15) is 0 Å². The highest BCUT2D eigenvalue weighted by Gasteiger charge is 2.49. The van der Waals surface area contributed by atoms with Crippen LogP contribution >= 0.6 is 0 Å². The van der Waals surface area contributed by atoms with Crippen LogP contribution < -0.4 is 15.4 Å². The van der Waals surface area contributed by atoms with Crippen molar-refractivity contribution in [2.75, 3.05) is 7.11 Å². The number of aromatic nitrogens is 1. The Kier molecular flexibility index (Phi) is 6.54. The van der Waals surface area contributed by atoms with Crippen molar-refractivity contribution in [1.82, 2.24) is 20.5 Å². The normalized spacial score (nSPS) is 18.2. The van der Waals surface area contributed by atoms with Gasteiger partial charge in [0.2, 0.25) is 11.8 Å². The zero-order valence-corrected chi connectivity index (χ0v) is 22.7. The highest BCUT2D eigenvalue weighted by Crippen LogP contribution is 2.46. The van der Waals surface area contributed by atoms with Crippen molar-refractivity contribution in [3.8, 4) is 5.75 Å². The molecule has 40 heavy (non-hydrogen) atoms. The maximum atomic E-state index is 14.0. The Labute approximate surface area is 232 Å². The van der Waals surface area contributed by atoms with Gasteiger partial charge in [-0.1, -0.05) is 68.4 Å². The summed E-state index contributed by atoms with van der Waals surface area (Å²) < 4.78 is 5.40. The summed E-state index contributed by atoms with van der Waals surface area (Å²) in [6.45, 7) is 4.06. The first kappa shape index (κ1) is 25.7. The number of ether oxygens (including phenoxy) is 1. The number of nitrogens with zero attached hydrogens (tertiary/aromatic N) is 1. The van der Waals surface area contributed by atoms with Crippen molar-refractivity contribution in [3.05, 3.63) is 101 Å². The minimum absolute atomic E-state index is 0.170. The van der Waals surface area contributed by atoms with Crippen LogP contribution in [0.1, 0.15) is 52.6 Å². The molecule has 2 aliphatic rings. The lowest BCUT2D eigenvalue weighted by atomic mass is 9.89. The number of benzene rings is 3. The SMILES string of the molecule is COc1ccccc1CNC(=O)[C@@H](NC(=O)[C@@H]1Cc2c([nH]c3ccccc23)[C@@H]2c3ccccc3C(=O)N21)C(C)C. The predicted octanol–water partition coefficient (Wildman–Crippen LogP) is 4.10. The van der Waals surface area contributed by atoms with Crippen LogP contribution in [0.15, 0.2) is 72.8 Å². The molecule has 0 spiro atoms. The molecule has 8 heteroatoms. The summed E-state index contributed by atoms with van der Waals surface area (Å²) in [5.74, 6) is -0.288. The van der Waals surface area contributed by atoms with Crippen molar-refractivity contribution >= 4 is 28.6 Å². The number of hydrogen-bond donors (Lipinski definition) is 3. The highest BCUT2D eigenvalue weighted by atomic mass is 16.5. The molecular weight excluding hydrogens is 504 g/mol. The van der Waals surface area contributed by atoms with Gasteiger partial charge in [-0.25, -0.2) is 0 Å². The molecule has 0 bridgehead atoms. The maximum absolute atomic E-state index is 14.0. The number of para-hydroxylation sites is 2.